The summed E-state index contributed by atoms with van der Waals surface area (Å²) in [7, 11) is 0. The number of hydrogen-bond acceptors (Lipinski definition) is 3. The zero-order valence-electron chi connectivity index (χ0n) is 8.10. The van der Waals surface area contributed by atoms with Crippen LogP contribution in [0.15, 0.2) is 35.7 Å². The predicted octanol–water partition coefficient (Wildman–Crippen LogP) is 0.186. The average molecular weight is 206 g/mol. The Hall–Kier alpha value is -2.04. The molecule has 2 aliphatic rings. The van der Waals surface area contributed by atoms with Gasteiger partial charge in [-0.1, -0.05) is 0 Å². The summed E-state index contributed by atoms with van der Waals surface area (Å²) < 4.78 is 0. The smallest absolute Gasteiger partial charge is 0.342 e. The van der Waals surface area contributed by atoms with Crippen LogP contribution in [0, 0.1) is 0 Å². The number of carbonyl (C=O) groups is 2. The van der Waals surface area contributed by atoms with Crippen LogP contribution in [0.3, 0.4) is 0 Å². The van der Waals surface area contributed by atoms with Gasteiger partial charge in [0, 0.05) is 12.4 Å². The Morgan fingerprint density at radius 2 is 2.33 bits per heavy atom. The van der Waals surface area contributed by atoms with Gasteiger partial charge in [0.25, 0.3) is 5.91 Å². The molecular weight excluding hydrogens is 196 g/mol. The summed E-state index contributed by atoms with van der Waals surface area (Å²) in [5.74, 6) is -1.71. The SMILES string of the molecule is CC1=CC2NC=C(C(=O)O)C(=O)N2C=C1. The largest absolute Gasteiger partial charge is 0.477 e. The number of nitrogens with zero attached hydrogens (tertiary/aromatic N) is 1. The van der Waals surface area contributed by atoms with Crippen LogP contribution in [0.5, 0.6) is 0 Å². The first kappa shape index (κ1) is 9.51. The van der Waals surface area contributed by atoms with Gasteiger partial charge in [0.1, 0.15) is 11.7 Å². The van der Waals surface area contributed by atoms with E-state index in [9.17, 15) is 9.59 Å². The van der Waals surface area contributed by atoms with E-state index in [1.165, 1.54) is 11.1 Å². The van der Waals surface area contributed by atoms with Crippen LogP contribution in [0.4, 0.5) is 0 Å². The van der Waals surface area contributed by atoms with Gasteiger partial charge in [-0.25, -0.2) is 4.79 Å². The molecule has 2 N–H and O–H groups in total. The summed E-state index contributed by atoms with van der Waals surface area (Å²) in [5, 5.41) is 11.6. The lowest BCUT2D eigenvalue weighted by atomic mass is 10.1. The molecule has 0 saturated carbocycles. The number of fused-ring (bicyclic) bond motifs is 1. The number of allylic oxidation sites excluding steroid dienone is 2. The van der Waals surface area contributed by atoms with Crippen LogP contribution in [-0.4, -0.2) is 28.0 Å². The third-order valence-corrected chi connectivity index (χ3v) is 2.31. The lowest BCUT2D eigenvalue weighted by Crippen LogP contribution is -2.49. The Labute approximate surface area is 86.4 Å². The molecule has 2 rings (SSSR count). The standard InChI is InChI=1S/C10H10N2O3/c1-6-2-3-12-8(4-6)11-5-7(9(12)13)10(14)15/h2-5,8,11H,1H3,(H,14,15). The van der Waals surface area contributed by atoms with E-state index in [1.54, 1.807) is 12.3 Å². The molecule has 0 aliphatic carbocycles. The van der Waals surface area contributed by atoms with Gasteiger partial charge in [0.15, 0.2) is 0 Å². The predicted molar refractivity (Wildman–Crippen MR) is 52.4 cm³/mol. The van der Waals surface area contributed by atoms with E-state index in [4.69, 9.17) is 5.11 Å². The number of rotatable bonds is 1. The van der Waals surface area contributed by atoms with Crippen LogP contribution in [0.25, 0.3) is 0 Å². The maximum absolute atomic E-state index is 11.7. The van der Waals surface area contributed by atoms with Gasteiger partial charge < -0.3 is 10.4 Å². The minimum atomic E-state index is -1.22. The highest BCUT2D eigenvalue weighted by atomic mass is 16.4. The number of amides is 1. The molecule has 0 bridgehead atoms. The molecular formula is C10H10N2O3. The molecule has 0 aromatic heterocycles. The van der Waals surface area contributed by atoms with Gasteiger partial charge in [-0.2, -0.15) is 0 Å². The number of carboxylic acids is 1. The van der Waals surface area contributed by atoms with Crippen molar-refractivity contribution in [2.45, 2.75) is 13.1 Å². The van der Waals surface area contributed by atoms with E-state index >= 15 is 0 Å². The number of carboxylic acid groups (broad SMARTS) is 1. The molecule has 0 radical (unpaired) electrons. The lowest BCUT2D eigenvalue weighted by molar-refractivity contribution is -0.137. The summed E-state index contributed by atoms with van der Waals surface area (Å²) in [6.07, 6.45) is 6.18. The van der Waals surface area contributed by atoms with Gasteiger partial charge in [-0.3, -0.25) is 9.69 Å². The molecule has 0 fully saturated rings. The minimum Gasteiger partial charge on any atom is -0.477 e. The highest BCUT2D eigenvalue weighted by Crippen LogP contribution is 2.18. The third-order valence-electron chi connectivity index (χ3n) is 2.31. The Balaban J connectivity index is 2.33. The second kappa shape index (κ2) is 3.27. The van der Waals surface area contributed by atoms with Crippen LogP contribution in [0.1, 0.15) is 6.92 Å². The van der Waals surface area contributed by atoms with Gasteiger partial charge >= 0.3 is 5.97 Å². The lowest BCUT2D eigenvalue weighted by Gasteiger charge is -2.33. The van der Waals surface area contributed by atoms with Crippen LogP contribution in [0.2, 0.25) is 0 Å². The summed E-state index contributed by atoms with van der Waals surface area (Å²) in [6.45, 7) is 1.91. The Morgan fingerprint density at radius 1 is 1.60 bits per heavy atom. The summed E-state index contributed by atoms with van der Waals surface area (Å²) >= 11 is 0. The molecule has 0 aromatic rings. The maximum atomic E-state index is 11.7. The maximum Gasteiger partial charge on any atom is 0.342 e. The zero-order valence-corrected chi connectivity index (χ0v) is 8.10. The highest BCUT2D eigenvalue weighted by Gasteiger charge is 2.31. The average Bonchev–Trinajstić information content (AvgIpc) is 2.17. The Bertz CT molecular complexity index is 420. The summed E-state index contributed by atoms with van der Waals surface area (Å²) in [6, 6.07) is 0. The summed E-state index contributed by atoms with van der Waals surface area (Å²) in [4.78, 5) is 23.7. The van der Waals surface area contributed by atoms with Crippen molar-refractivity contribution in [3.8, 4) is 0 Å². The van der Waals surface area contributed by atoms with Gasteiger partial charge in [0.2, 0.25) is 0 Å². The fraction of sp³-hybridized carbons (Fsp3) is 0.200. The van der Waals surface area contributed by atoms with E-state index < -0.39 is 11.9 Å². The number of hydrogen-bond donors (Lipinski definition) is 2. The van der Waals surface area contributed by atoms with Gasteiger partial charge in [0.05, 0.1) is 0 Å². The quantitative estimate of drug-likeness (QED) is 0.601. The van der Waals surface area contributed by atoms with Gasteiger partial charge in [-0.05, 0) is 24.6 Å². The first-order valence-electron chi connectivity index (χ1n) is 4.48. The fourth-order valence-electron chi connectivity index (χ4n) is 1.52. The number of nitrogens with one attached hydrogen (secondary N) is 1. The third kappa shape index (κ3) is 1.52. The Kier molecular flexibility index (Phi) is 2.07. The number of carbonyl (C=O) groups excluding carboxylic acids is 1. The van der Waals surface area contributed by atoms with E-state index in [2.05, 4.69) is 5.32 Å². The topological polar surface area (TPSA) is 69.6 Å². The number of aliphatic carboxylic acids is 1. The van der Waals surface area contributed by atoms with E-state index in [1.807, 2.05) is 13.0 Å². The highest BCUT2D eigenvalue weighted by molar-refractivity contribution is 6.16. The molecule has 15 heavy (non-hydrogen) atoms. The molecule has 5 nitrogen and oxygen atoms in total. The van der Waals surface area contributed by atoms with Crippen LogP contribution < -0.4 is 5.32 Å². The molecule has 0 aromatic carbocycles. The molecule has 78 valence electrons. The van der Waals surface area contributed by atoms with Crippen molar-refractivity contribution in [2.24, 2.45) is 0 Å². The molecule has 0 spiro atoms. The van der Waals surface area contributed by atoms with E-state index in [0.29, 0.717) is 0 Å². The summed E-state index contributed by atoms with van der Waals surface area (Å²) in [5.41, 5.74) is 0.785. The van der Waals surface area contributed by atoms with Crippen molar-refractivity contribution >= 4 is 11.9 Å². The molecule has 2 aliphatic heterocycles. The molecule has 1 unspecified atom stereocenters. The second-order valence-electron chi connectivity index (χ2n) is 3.41. The first-order valence-corrected chi connectivity index (χ1v) is 4.48. The van der Waals surface area contributed by atoms with Crippen molar-refractivity contribution in [3.05, 3.63) is 35.7 Å². The zero-order chi connectivity index (χ0) is 11.0. The van der Waals surface area contributed by atoms with E-state index in [-0.39, 0.29) is 11.7 Å². The minimum absolute atomic E-state index is 0.246. The monoisotopic (exact) mass is 206 g/mol. The van der Waals surface area contributed by atoms with E-state index in [0.717, 1.165) is 5.57 Å². The van der Waals surface area contributed by atoms with Crippen LogP contribution >= 0.6 is 0 Å². The normalized spacial score (nSPS) is 23.9. The fourth-order valence-corrected chi connectivity index (χ4v) is 1.52. The van der Waals surface area contributed by atoms with Crippen LogP contribution in [-0.2, 0) is 9.59 Å². The molecule has 2 heterocycles. The molecule has 5 heteroatoms. The van der Waals surface area contributed by atoms with Crippen molar-refractivity contribution in [3.63, 3.8) is 0 Å². The Morgan fingerprint density at radius 3 is 3.00 bits per heavy atom. The van der Waals surface area contributed by atoms with Crippen molar-refractivity contribution in [1.29, 1.82) is 0 Å². The molecule has 0 saturated heterocycles. The van der Waals surface area contributed by atoms with Crippen molar-refractivity contribution in [1.82, 2.24) is 10.2 Å². The molecule has 1 amide bonds. The molecule has 1 atom stereocenters. The first-order chi connectivity index (χ1) is 7.09. The van der Waals surface area contributed by atoms with Gasteiger partial charge in [-0.15, -0.1) is 0 Å². The van der Waals surface area contributed by atoms with Crippen molar-refractivity contribution < 1.29 is 14.7 Å². The second-order valence-corrected chi connectivity index (χ2v) is 3.41. The van der Waals surface area contributed by atoms with Crippen molar-refractivity contribution in [2.75, 3.05) is 0 Å².